The van der Waals surface area contributed by atoms with Gasteiger partial charge in [-0.25, -0.2) is 26.5 Å². The second-order valence-electron chi connectivity index (χ2n) is 11.5. The average molecular weight is 787 g/mol. The van der Waals surface area contributed by atoms with Crippen LogP contribution in [0.5, 0.6) is 5.75 Å². The van der Waals surface area contributed by atoms with Crippen LogP contribution in [0, 0.1) is 10.1 Å². The van der Waals surface area contributed by atoms with E-state index in [4.69, 9.17) is 4.74 Å². The lowest BCUT2D eigenvalue weighted by Crippen LogP contribution is -2.34. The third kappa shape index (κ3) is 11.1. The molecule has 2 amide bonds. The van der Waals surface area contributed by atoms with E-state index in [0.717, 1.165) is 43.9 Å². The molecule has 3 aromatic rings. The number of unbranched alkanes of at least 4 members (excludes halogenated alkanes) is 9. The number of benzene rings is 2. The zero-order valence-electron chi connectivity index (χ0n) is 27.4. The Labute approximate surface area is 293 Å². The van der Waals surface area contributed by atoms with Gasteiger partial charge in [-0.2, -0.15) is 3.97 Å². The van der Waals surface area contributed by atoms with Gasteiger partial charge >= 0.3 is 0 Å². The number of non-ortho nitro benzene ring substituents is 1. The number of methoxy groups -OCH3 is 1. The Morgan fingerprint density at radius 1 is 0.980 bits per heavy atom. The smallest absolute Gasteiger partial charge is 0.275 e. The number of carbonyl (C=O) groups is 2. The quantitative estimate of drug-likeness (QED) is 0.0699. The number of ether oxygens (including phenoxy) is 1. The summed E-state index contributed by atoms with van der Waals surface area (Å²) in [6, 6.07) is 6.92. The zero-order chi connectivity index (χ0) is 36.4. The van der Waals surface area contributed by atoms with Crippen molar-refractivity contribution in [1.29, 1.82) is 0 Å². The number of carbonyl (C=O) groups excluding carboxylic acids is 2. The standard InChI is InChI=1S/C31H40BrN5O10S2/c1-4-5-6-7-8-9-10-11-12-13-18-49(45,46)35-29(38)21-14-17-26(47-2)25(19-21)34-30(39)27(32)28-33-24-16-15-22(37(41)42)20-23(24)31(40)36(28)48(3,43)44/h14-17,19-20,27H,4-13,18H2,1-3H3,(H,34,39)(H,35,38). The fourth-order valence-electron chi connectivity index (χ4n) is 5.06. The monoisotopic (exact) mass is 785 g/mol. The summed E-state index contributed by atoms with van der Waals surface area (Å²) >= 11 is 3.09. The SMILES string of the molecule is CCCCCCCCCCCCS(=O)(=O)NC(=O)c1ccc(OC)c(NC(=O)C(Br)c2nc3ccc([N+](=O)[O-])cc3c(=O)n2S(C)(=O)=O)c1. The highest BCUT2D eigenvalue weighted by atomic mass is 79.9. The third-order valence-corrected chi connectivity index (χ3v) is 10.7. The molecular weight excluding hydrogens is 746 g/mol. The van der Waals surface area contributed by atoms with Crippen molar-refractivity contribution in [2.75, 3.05) is 24.4 Å². The Hall–Kier alpha value is -3.90. The molecule has 1 heterocycles. The largest absolute Gasteiger partial charge is 0.495 e. The molecule has 0 aliphatic rings. The molecule has 0 radical (unpaired) electrons. The van der Waals surface area contributed by atoms with Crippen molar-refractivity contribution in [3.05, 3.63) is 68.3 Å². The molecule has 0 aliphatic heterocycles. The molecule has 0 bridgehead atoms. The highest BCUT2D eigenvalue weighted by Gasteiger charge is 2.29. The van der Waals surface area contributed by atoms with Gasteiger partial charge in [0, 0.05) is 17.7 Å². The molecule has 18 heteroatoms. The van der Waals surface area contributed by atoms with Crippen LogP contribution in [-0.2, 0) is 24.8 Å². The lowest BCUT2D eigenvalue weighted by atomic mass is 10.1. The Kier molecular flexibility index (Phi) is 14.3. The highest BCUT2D eigenvalue weighted by molar-refractivity contribution is 9.09. The number of halogens is 1. The summed E-state index contributed by atoms with van der Waals surface area (Å²) < 4.78 is 58.1. The Balaban J connectivity index is 1.74. The van der Waals surface area contributed by atoms with Gasteiger partial charge < -0.3 is 10.1 Å². The maximum Gasteiger partial charge on any atom is 0.275 e. The second kappa shape index (κ2) is 17.7. The minimum atomic E-state index is -4.38. The lowest BCUT2D eigenvalue weighted by Gasteiger charge is -2.17. The first kappa shape index (κ1) is 39.5. The van der Waals surface area contributed by atoms with Crippen LogP contribution >= 0.6 is 15.9 Å². The Morgan fingerprint density at radius 3 is 2.16 bits per heavy atom. The van der Waals surface area contributed by atoms with E-state index in [1.165, 1.54) is 57.4 Å². The number of nitrogens with one attached hydrogen (secondary N) is 2. The first-order valence-corrected chi connectivity index (χ1v) is 20.1. The van der Waals surface area contributed by atoms with Gasteiger partial charge in [-0.3, -0.25) is 24.5 Å². The number of anilines is 1. The number of sulfonamides is 1. The normalized spacial score (nSPS) is 12.4. The van der Waals surface area contributed by atoms with Gasteiger partial charge in [-0.15, -0.1) is 0 Å². The summed E-state index contributed by atoms with van der Waals surface area (Å²) in [5, 5.41) is 13.3. The van der Waals surface area contributed by atoms with Crippen LogP contribution in [0.1, 0.15) is 92.1 Å². The molecular formula is C31H40BrN5O10S2. The first-order valence-electron chi connectivity index (χ1n) is 15.7. The number of nitro benzene ring substituents is 1. The molecule has 0 spiro atoms. The fraction of sp³-hybridized carbons (Fsp3) is 0.484. The Morgan fingerprint density at radius 2 is 1.59 bits per heavy atom. The van der Waals surface area contributed by atoms with Gasteiger partial charge in [0.2, 0.25) is 26.0 Å². The summed E-state index contributed by atoms with van der Waals surface area (Å²) in [5.74, 6) is -2.56. The number of fused-ring (bicyclic) bond motifs is 1. The zero-order valence-corrected chi connectivity index (χ0v) is 30.7. The number of hydrogen-bond acceptors (Lipinski definition) is 11. The van der Waals surface area contributed by atoms with Crippen molar-refractivity contribution in [2.45, 2.75) is 76.0 Å². The van der Waals surface area contributed by atoms with Gasteiger partial charge in [0.05, 0.1) is 40.6 Å². The van der Waals surface area contributed by atoms with Crippen LogP contribution in [0.3, 0.4) is 0 Å². The summed E-state index contributed by atoms with van der Waals surface area (Å²) in [5.41, 5.74) is -1.90. The molecule has 1 aromatic heterocycles. The molecule has 0 saturated carbocycles. The molecule has 15 nitrogen and oxygen atoms in total. The van der Waals surface area contributed by atoms with Crippen LogP contribution < -0.4 is 20.3 Å². The number of amides is 2. The first-order chi connectivity index (χ1) is 23.1. The van der Waals surface area contributed by atoms with E-state index in [1.54, 1.807) is 0 Å². The molecule has 0 saturated heterocycles. The van der Waals surface area contributed by atoms with E-state index in [9.17, 15) is 41.3 Å². The molecule has 1 unspecified atom stereocenters. The number of aromatic nitrogens is 2. The molecule has 2 aromatic carbocycles. The lowest BCUT2D eigenvalue weighted by molar-refractivity contribution is -0.384. The average Bonchev–Trinajstić information content (AvgIpc) is 3.04. The Bertz CT molecular complexity index is 1970. The predicted molar refractivity (Wildman–Crippen MR) is 189 cm³/mol. The van der Waals surface area contributed by atoms with Crippen LogP contribution in [0.2, 0.25) is 0 Å². The van der Waals surface area contributed by atoms with Gasteiger partial charge in [-0.1, -0.05) is 80.6 Å². The van der Waals surface area contributed by atoms with Crippen LogP contribution in [0.4, 0.5) is 11.4 Å². The van der Waals surface area contributed by atoms with E-state index in [-0.39, 0.29) is 37.6 Å². The van der Waals surface area contributed by atoms with E-state index in [0.29, 0.717) is 12.7 Å². The summed E-state index contributed by atoms with van der Waals surface area (Å²) in [7, 11) is -7.03. The van der Waals surface area contributed by atoms with Gasteiger partial charge in [0.15, 0.2) is 10.7 Å². The molecule has 1 atom stereocenters. The summed E-state index contributed by atoms with van der Waals surface area (Å²) in [6.45, 7) is 2.17. The van der Waals surface area contributed by atoms with Crippen molar-refractivity contribution in [1.82, 2.24) is 13.7 Å². The van der Waals surface area contributed by atoms with E-state index >= 15 is 0 Å². The number of nitro groups is 1. The van der Waals surface area contributed by atoms with Gasteiger partial charge in [-0.05, 0) is 30.7 Å². The fourth-order valence-corrected chi connectivity index (χ4v) is 7.59. The van der Waals surface area contributed by atoms with E-state index in [2.05, 4.69) is 33.2 Å². The number of alkyl halides is 1. The third-order valence-electron chi connectivity index (χ3n) is 7.57. The van der Waals surface area contributed by atoms with Crippen LogP contribution in [-0.4, -0.2) is 61.6 Å². The minimum Gasteiger partial charge on any atom is -0.495 e. The van der Waals surface area contributed by atoms with E-state index < -0.39 is 58.7 Å². The van der Waals surface area contributed by atoms with Crippen LogP contribution in [0.15, 0.2) is 41.2 Å². The number of hydrogen-bond donors (Lipinski definition) is 2. The minimum absolute atomic E-state index is 0.0682. The van der Waals surface area contributed by atoms with Crippen LogP contribution in [0.25, 0.3) is 10.9 Å². The maximum absolute atomic E-state index is 13.4. The van der Waals surface area contributed by atoms with Gasteiger partial charge in [0.25, 0.3) is 17.2 Å². The van der Waals surface area contributed by atoms with Crippen molar-refractivity contribution < 1.29 is 36.1 Å². The van der Waals surface area contributed by atoms with Crippen molar-refractivity contribution in [3.8, 4) is 5.75 Å². The summed E-state index contributed by atoms with van der Waals surface area (Å²) in [4.78, 5) is 52.5. The maximum atomic E-state index is 13.4. The molecule has 0 aliphatic carbocycles. The molecule has 3 rings (SSSR count). The van der Waals surface area contributed by atoms with Crippen molar-refractivity contribution >= 4 is 70.1 Å². The summed E-state index contributed by atoms with van der Waals surface area (Å²) in [6.07, 6.45) is 10.9. The number of rotatable bonds is 19. The number of nitrogens with zero attached hydrogens (tertiary/aromatic N) is 3. The molecule has 49 heavy (non-hydrogen) atoms. The molecule has 268 valence electrons. The van der Waals surface area contributed by atoms with Crippen molar-refractivity contribution in [2.24, 2.45) is 0 Å². The second-order valence-corrected chi connectivity index (χ2v) is 16.0. The van der Waals surface area contributed by atoms with Crippen molar-refractivity contribution in [3.63, 3.8) is 0 Å². The van der Waals surface area contributed by atoms with E-state index in [1.807, 2.05) is 4.72 Å². The topological polar surface area (TPSA) is 214 Å². The van der Waals surface area contributed by atoms with Gasteiger partial charge in [0.1, 0.15) is 5.75 Å². The predicted octanol–water partition coefficient (Wildman–Crippen LogP) is 5.18. The highest BCUT2D eigenvalue weighted by Crippen LogP contribution is 2.30. The molecule has 0 fully saturated rings. The molecule has 2 N–H and O–H groups in total.